The zero-order valence-corrected chi connectivity index (χ0v) is 26.3. The molecular formula is C33H46ClN3O4. The fraction of sp³-hybridized carbons (Fsp3) is 0.485. The number of hydrogen-bond donors (Lipinski definition) is 2. The minimum absolute atomic E-state index is 0.0215. The summed E-state index contributed by atoms with van der Waals surface area (Å²) in [6.45, 7) is 19.1. The van der Waals surface area contributed by atoms with Crippen LogP contribution in [0.15, 0.2) is 65.0 Å². The Labute approximate surface area is 250 Å². The molecular weight excluding hydrogens is 538 g/mol. The number of fused-ring (bicyclic) bond motifs is 1. The Kier molecular flexibility index (Phi) is 14.1. The topological polar surface area (TPSA) is 96.8 Å². The Morgan fingerprint density at radius 2 is 1.90 bits per heavy atom. The van der Waals surface area contributed by atoms with Crippen LogP contribution in [0.3, 0.4) is 0 Å². The van der Waals surface area contributed by atoms with Crippen LogP contribution in [-0.2, 0) is 11.2 Å². The number of nitrogens with one attached hydrogen (secondary N) is 1. The highest BCUT2D eigenvalue weighted by Crippen LogP contribution is 2.34. The van der Waals surface area contributed by atoms with Crippen molar-refractivity contribution in [3.05, 3.63) is 76.1 Å². The molecule has 0 radical (unpaired) electrons. The molecule has 41 heavy (non-hydrogen) atoms. The van der Waals surface area contributed by atoms with Gasteiger partial charge in [0.2, 0.25) is 0 Å². The molecule has 3 unspecified atom stereocenters. The highest BCUT2D eigenvalue weighted by Gasteiger charge is 2.30. The van der Waals surface area contributed by atoms with Gasteiger partial charge in [-0.1, -0.05) is 78.6 Å². The van der Waals surface area contributed by atoms with Crippen LogP contribution in [0.2, 0.25) is 5.02 Å². The molecule has 0 bridgehead atoms. The van der Waals surface area contributed by atoms with E-state index < -0.39 is 0 Å². The molecule has 2 aromatic rings. The number of benzene rings is 1. The lowest BCUT2D eigenvalue weighted by Crippen LogP contribution is -2.30. The molecule has 1 aromatic heterocycles. The second-order valence-corrected chi connectivity index (χ2v) is 10.9. The second kappa shape index (κ2) is 16.9. The van der Waals surface area contributed by atoms with Crippen molar-refractivity contribution in [1.29, 1.82) is 0 Å². The van der Waals surface area contributed by atoms with Gasteiger partial charge in [0.05, 0.1) is 30.0 Å². The number of allylic oxidation sites excluding steroid dienone is 4. The van der Waals surface area contributed by atoms with Crippen LogP contribution in [0, 0.1) is 17.8 Å². The Hall–Kier alpha value is -3.16. The zero-order chi connectivity index (χ0) is 30.5. The van der Waals surface area contributed by atoms with Crippen LogP contribution in [-0.4, -0.2) is 33.6 Å². The molecule has 0 saturated carbocycles. The van der Waals surface area contributed by atoms with Crippen molar-refractivity contribution >= 4 is 23.1 Å². The van der Waals surface area contributed by atoms with E-state index in [9.17, 15) is 10.1 Å². The maximum atomic E-state index is 13.9. The molecule has 1 aromatic carbocycles. The third-order valence-corrected chi connectivity index (χ3v) is 7.82. The van der Waals surface area contributed by atoms with E-state index >= 15 is 0 Å². The maximum Gasteiger partial charge on any atom is 0.261 e. The van der Waals surface area contributed by atoms with Crippen LogP contribution in [0.4, 0.5) is 0 Å². The average Bonchev–Trinajstić information content (AvgIpc) is 3.47. The number of Topliss-reactive ketones (excluding diaryl/α,β-unsaturated/α-hetero) is 1. The molecule has 0 amide bonds. The summed E-state index contributed by atoms with van der Waals surface area (Å²) in [5.41, 5.74) is 4.25. The molecule has 0 spiro atoms. The number of carbonyl (C=O) groups excluding carboxylic acids is 1. The van der Waals surface area contributed by atoms with Gasteiger partial charge in [0.15, 0.2) is 5.78 Å². The third-order valence-electron chi connectivity index (χ3n) is 7.58. The van der Waals surface area contributed by atoms with Crippen LogP contribution < -0.4 is 9.62 Å². The van der Waals surface area contributed by atoms with Gasteiger partial charge in [0, 0.05) is 22.4 Å². The first-order valence-corrected chi connectivity index (χ1v) is 15.0. The number of H-pyrrole nitrogens is 1. The number of rotatable bonds is 12. The van der Waals surface area contributed by atoms with Crippen molar-refractivity contribution in [2.75, 3.05) is 6.61 Å². The number of ketones is 1. The number of ether oxygens (including phenoxy) is 1. The van der Waals surface area contributed by atoms with Crippen molar-refractivity contribution in [3.8, 4) is 11.6 Å². The molecule has 2 N–H and O–H groups in total. The number of nitrogens with zero attached hydrogens (tertiary/aromatic N) is 2. The van der Waals surface area contributed by atoms with Gasteiger partial charge in [-0.25, -0.2) is 10.4 Å². The molecule has 0 fully saturated rings. The predicted octanol–water partition coefficient (Wildman–Crippen LogP) is 8.81. The second-order valence-electron chi connectivity index (χ2n) is 10.4. The number of carbonyl (C=O) groups is 1. The minimum atomic E-state index is -0.355. The first-order valence-electron chi connectivity index (χ1n) is 14.6. The molecule has 0 saturated heterocycles. The van der Waals surface area contributed by atoms with Gasteiger partial charge in [-0.3, -0.25) is 9.79 Å². The summed E-state index contributed by atoms with van der Waals surface area (Å²) in [5, 5.41) is 16.5. The van der Waals surface area contributed by atoms with E-state index in [1.54, 1.807) is 18.5 Å². The van der Waals surface area contributed by atoms with Crippen LogP contribution in [0.1, 0.15) is 85.3 Å². The Morgan fingerprint density at radius 3 is 2.49 bits per heavy atom. The number of hydrogen-bond acceptors (Lipinski definition) is 6. The van der Waals surface area contributed by atoms with Gasteiger partial charge in [-0.2, -0.15) is 5.10 Å². The number of unbranched alkanes of at least 4 members (excludes halogenated alkanes) is 1. The fourth-order valence-electron chi connectivity index (χ4n) is 4.34. The number of halogens is 1. The van der Waals surface area contributed by atoms with Gasteiger partial charge in [-0.15, -0.1) is 0 Å². The minimum Gasteiger partial charge on any atom is -0.493 e. The molecule has 2 heterocycles. The predicted molar refractivity (Wildman–Crippen MR) is 168 cm³/mol. The lowest BCUT2D eigenvalue weighted by molar-refractivity contribution is -0.141. The van der Waals surface area contributed by atoms with Crippen molar-refractivity contribution in [2.24, 2.45) is 22.7 Å². The van der Waals surface area contributed by atoms with Crippen molar-refractivity contribution in [2.45, 2.75) is 80.6 Å². The molecule has 0 aliphatic carbocycles. The van der Waals surface area contributed by atoms with E-state index in [1.165, 1.54) is 12.8 Å². The van der Waals surface area contributed by atoms with E-state index in [0.29, 0.717) is 40.5 Å². The highest BCUT2D eigenvalue weighted by atomic mass is 35.5. The summed E-state index contributed by atoms with van der Waals surface area (Å²) in [5.74, 6) is 0.689. The number of aromatic amines is 1. The van der Waals surface area contributed by atoms with Crippen molar-refractivity contribution < 1.29 is 19.7 Å². The maximum absolute atomic E-state index is 13.9. The highest BCUT2D eigenvalue weighted by molar-refractivity contribution is 6.30. The molecule has 8 heteroatoms. The molecule has 3 rings (SSSR count). The quantitative estimate of drug-likeness (QED) is 0.0855. The molecule has 1 aliphatic heterocycles. The van der Waals surface area contributed by atoms with Gasteiger partial charge >= 0.3 is 0 Å². The van der Waals surface area contributed by atoms with E-state index in [4.69, 9.17) is 21.3 Å². The van der Waals surface area contributed by atoms with E-state index in [1.807, 2.05) is 32.1 Å². The summed E-state index contributed by atoms with van der Waals surface area (Å²) in [4.78, 5) is 23.2. The first-order chi connectivity index (χ1) is 19.7. The van der Waals surface area contributed by atoms with Gasteiger partial charge in [-0.05, 0) is 67.4 Å². The van der Waals surface area contributed by atoms with Gasteiger partial charge in [0.1, 0.15) is 5.75 Å². The van der Waals surface area contributed by atoms with Crippen molar-refractivity contribution in [3.63, 3.8) is 0 Å². The Bertz CT molecular complexity index is 1260. The third kappa shape index (κ3) is 8.91. The van der Waals surface area contributed by atoms with Crippen LogP contribution in [0.5, 0.6) is 11.6 Å². The lowest BCUT2D eigenvalue weighted by Gasteiger charge is -2.27. The summed E-state index contributed by atoms with van der Waals surface area (Å²) in [7, 11) is 0. The summed E-state index contributed by atoms with van der Waals surface area (Å²) in [6.07, 6.45) is 9.96. The summed E-state index contributed by atoms with van der Waals surface area (Å²) >= 11 is 6.19. The smallest absolute Gasteiger partial charge is 0.261 e. The Morgan fingerprint density at radius 1 is 1.22 bits per heavy atom. The standard InChI is InChI=1S/C29H36ClN3O4.C4H10/c1-7-17(4)19(6)24(14-31-27(18(5)8-2)25-15-32-33-29(25)37-35)23(9-3)28(34)21-12-20-13-22(30)10-11-26(20)36-16-21;1-3-4-2/h9-11,13-15,17-18,21,35H,6-8,12,16H2,1-5H3,(H,32,33);3-4H2,1-2H3/b23-9+,24-14+,31-27?;. The molecule has 7 nitrogen and oxygen atoms in total. The summed E-state index contributed by atoms with van der Waals surface area (Å²) < 4.78 is 5.91. The van der Waals surface area contributed by atoms with E-state index in [-0.39, 0.29) is 29.4 Å². The molecule has 224 valence electrons. The van der Waals surface area contributed by atoms with Crippen LogP contribution >= 0.6 is 11.6 Å². The zero-order valence-electron chi connectivity index (χ0n) is 25.6. The van der Waals surface area contributed by atoms with Gasteiger partial charge in [0.25, 0.3) is 5.88 Å². The lowest BCUT2D eigenvalue weighted by atomic mass is 9.82. The fourth-order valence-corrected chi connectivity index (χ4v) is 4.53. The SMILES string of the molecule is C=C(C(=C\N=C(c1cn[nH]c1OO)C(C)CC)/C(=C\C)C(=O)C1COc2ccc(Cl)cc2C1)C(C)CC.CCCC. The normalized spacial score (nSPS) is 17.0. The van der Waals surface area contributed by atoms with E-state index in [2.05, 4.69) is 56.3 Å². The molecule has 3 atom stereocenters. The molecule has 1 aliphatic rings. The first kappa shape index (κ1) is 34.0. The number of aliphatic imine (C=N–C) groups is 1. The van der Waals surface area contributed by atoms with Crippen LogP contribution in [0.25, 0.3) is 0 Å². The number of aromatic nitrogens is 2. The van der Waals surface area contributed by atoms with Crippen molar-refractivity contribution in [1.82, 2.24) is 10.2 Å². The average molecular weight is 584 g/mol. The van der Waals surface area contributed by atoms with E-state index in [0.717, 1.165) is 29.7 Å². The summed E-state index contributed by atoms with van der Waals surface area (Å²) in [6, 6.07) is 5.49. The Balaban J connectivity index is 0.00000138. The monoisotopic (exact) mass is 583 g/mol. The van der Waals surface area contributed by atoms with Gasteiger partial charge < -0.3 is 9.62 Å². The largest absolute Gasteiger partial charge is 0.493 e.